The van der Waals surface area contributed by atoms with Gasteiger partial charge in [0.1, 0.15) is 5.51 Å². The maximum Gasteiger partial charge on any atom is 0.205 e. The van der Waals surface area contributed by atoms with E-state index in [1.807, 2.05) is 0 Å². The van der Waals surface area contributed by atoms with Gasteiger partial charge in [0.15, 0.2) is 0 Å². The molecule has 0 fully saturated rings. The van der Waals surface area contributed by atoms with Crippen LogP contribution in [-0.2, 0) is 4.74 Å². The van der Waals surface area contributed by atoms with Crippen LogP contribution in [0.5, 0.6) is 0 Å². The van der Waals surface area contributed by atoms with Crippen LogP contribution in [0.15, 0.2) is 5.51 Å². The Morgan fingerprint density at radius 2 is 2.38 bits per heavy atom. The van der Waals surface area contributed by atoms with E-state index in [1.54, 1.807) is 12.6 Å². The molecule has 0 saturated heterocycles. The fourth-order valence-electron chi connectivity index (χ4n) is 0.807. The Labute approximate surface area is 81.5 Å². The number of ether oxygens (including phenoxy) is 1. The SMILES string of the molecule is COCCNCCNc1nncs1. The van der Waals surface area contributed by atoms with Crippen molar-refractivity contribution in [3.63, 3.8) is 0 Å². The molecule has 0 aliphatic carbocycles. The van der Waals surface area contributed by atoms with Crippen LogP contribution in [0, 0.1) is 0 Å². The van der Waals surface area contributed by atoms with Crippen LogP contribution >= 0.6 is 11.3 Å². The topological polar surface area (TPSA) is 59.1 Å². The van der Waals surface area contributed by atoms with Crippen LogP contribution in [0.25, 0.3) is 0 Å². The molecule has 0 radical (unpaired) electrons. The van der Waals surface area contributed by atoms with E-state index < -0.39 is 0 Å². The van der Waals surface area contributed by atoms with Crippen LogP contribution in [0.3, 0.4) is 0 Å². The smallest absolute Gasteiger partial charge is 0.205 e. The number of nitrogens with one attached hydrogen (secondary N) is 2. The van der Waals surface area contributed by atoms with E-state index in [9.17, 15) is 0 Å². The molecule has 0 unspecified atom stereocenters. The first-order chi connectivity index (χ1) is 6.43. The molecule has 0 aliphatic rings. The number of nitrogens with zero attached hydrogens (tertiary/aromatic N) is 2. The Morgan fingerprint density at radius 1 is 1.46 bits per heavy atom. The minimum absolute atomic E-state index is 0.749. The van der Waals surface area contributed by atoms with Crippen LogP contribution in [0.2, 0.25) is 0 Å². The Morgan fingerprint density at radius 3 is 3.08 bits per heavy atom. The number of hydrogen-bond acceptors (Lipinski definition) is 6. The van der Waals surface area contributed by atoms with Crippen LogP contribution in [-0.4, -0.2) is 43.5 Å². The van der Waals surface area contributed by atoms with Crippen LogP contribution < -0.4 is 10.6 Å². The van der Waals surface area contributed by atoms with Crippen molar-refractivity contribution in [3.8, 4) is 0 Å². The molecule has 0 aromatic carbocycles. The fraction of sp³-hybridized carbons (Fsp3) is 0.714. The van der Waals surface area contributed by atoms with Gasteiger partial charge in [0.2, 0.25) is 5.13 Å². The highest BCUT2D eigenvalue weighted by Gasteiger charge is 1.92. The van der Waals surface area contributed by atoms with E-state index in [1.165, 1.54) is 11.3 Å². The average Bonchev–Trinajstić information content (AvgIpc) is 2.63. The minimum atomic E-state index is 0.749. The number of rotatable bonds is 7. The van der Waals surface area contributed by atoms with Crippen molar-refractivity contribution in [2.45, 2.75) is 0 Å². The summed E-state index contributed by atoms with van der Waals surface area (Å²) in [6, 6.07) is 0. The Kier molecular flexibility index (Phi) is 5.39. The second-order valence-electron chi connectivity index (χ2n) is 2.41. The molecule has 13 heavy (non-hydrogen) atoms. The number of hydrogen-bond donors (Lipinski definition) is 2. The zero-order chi connectivity index (χ0) is 9.36. The summed E-state index contributed by atoms with van der Waals surface area (Å²) in [5.41, 5.74) is 1.71. The molecule has 1 aromatic heterocycles. The molecule has 2 N–H and O–H groups in total. The molecule has 1 heterocycles. The number of methoxy groups -OCH3 is 1. The van der Waals surface area contributed by atoms with Crippen molar-refractivity contribution in [1.82, 2.24) is 15.5 Å². The largest absolute Gasteiger partial charge is 0.383 e. The summed E-state index contributed by atoms with van der Waals surface area (Å²) < 4.78 is 4.89. The molecule has 0 amide bonds. The molecule has 1 rings (SSSR count). The molecular weight excluding hydrogens is 188 g/mol. The summed E-state index contributed by atoms with van der Waals surface area (Å²) in [5.74, 6) is 0. The molecule has 1 aromatic rings. The second-order valence-corrected chi connectivity index (χ2v) is 3.25. The quantitative estimate of drug-likeness (QED) is 0.618. The molecule has 0 spiro atoms. The van der Waals surface area contributed by atoms with Gasteiger partial charge in [-0.1, -0.05) is 11.3 Å². The third-order valence-electron chi connectivity index (χ3n) is 1.42. The molecule has 5 nitrogen and oxygen atoms in total. The molecule has 0 atom stereocenters. The van der Waals surface area contributed by atoms with Crippen molar-refractivity contribution in [2.75, 3.05) is 38.7 Å². The van der Waals surface area contributed by atoms with Gasteiger partial charge in [-0.05, 0) is 0 Å². The summed E-state index contributed by atoms with van der Waals surface area (Å²) >= 11 is 1.51. The van der Waals surface area contributed by atoms with Crippen LogP contribution in [0.1, 0.15) is 0 Å². The van der Waals surface area contributed by atoms with Gasteiger partial charge in [-0.2, -0.15) is 0 Å². The maximum absolute atomic E-state index is 4.89. The molecule has 6 heteroatoms. The lowest BCUT2D eigenvalue weighted by Crippen LogP contribution is -2.25. The Balaban J connectivity index is 1.90. The molecule has 0 aliphatic heterocycles. The van der Waals surface area contributed by atoms with Gasteiger partial charge in [0.25, 0.3) is 0 Å². The van der Waals surface area contributed by atoms with Crippen molar-refractivity contribution >= 4 is 16.5 Å². The normalized spacial score (nSPS) is 10.2. The van der Waals surface area contributed by atoms with Crippen molar-refractivity contribution in [2.24, 2.45) is 0 Å². The lowest BCUT2D eigenvalue weighted by Gasteiger charge is -2.03. The molecule has 0 bridgehead atoms. The molecule has 74 valence electrons. The van der Waals surface area contributed by atoms with Gasteiger partial charge < -0.3 is 15.4 Å². The lowest BCUT2D eigenvalue weighted by atomic mass is 10.6. The van der Waals surface area contributed by atoms with Crippen LogP contribution in [0.4, 0.5) is 5.13 Å². The van der Waals surface area contributed by atoms with E-state index in [0.717, 1.165) is 31.4 Å². The van der Waals surface area contributed by atoms with Crippen molar-refractivity contribution in [3.05, 3.63) is 5.51 Å². The van der Waals surface area contributed by atoms with Gasteiger partial charge >= 0.3 is 0 Å². The Bertz CT molecular complexity index is 204. The predicted octanol–water partition coefficient (Wildman–Crippen LogP) is 0.186. The second kappa shape index (κ2) is 6.76. The summed E-state index contributed by atoms with van der Waals surface area (Å²) in [6.45, 7) is 3.40. The van der Waals surface area contributed by atoms with Gasteiger partial charge in [-0.25, -0.2) is 0 Å². The first kappa shape index (κ1) is 10.4. The summed E-state index contributed by atoms with van der Waals surface area (Å²) in [6.07, 6.45) is 0. The third kappa shape index (κ3) is 4.76. The summed E-state index contributed by atoms with van der Waals surface area (Å²) in [4.78, 5) is 0. The highest BCUT2D eigenvalue weighted by atomic mass is 32.1. The van der Waals surface area contributed by atoms with E-state index in [2.05, 4.69) is 20.8 Å². The fourth-order valence-corrected chi connectivity index (χ4v) is 1.28. The number of anilines is 1. The van der Waals surface area contributed by atoms with E-state index in [-0.39, 0.29) is 0 Å². The summed E-state index contributed by atoms with van der Waals surface area (Å²) in [7, 11) is 1.70. The molecule has 0 saturated carbocycles. The van der Waals surface area contributed by atoms with Gasteiger partial charge in [0, 0.05) is 26.7 Å². The minimum Gasteiger partial charge on any atom is -0.383 e. The van der Waals surface area contributed by atoms with Crippen molar-refractivity contribution < 1.29 is 4.74 Å². The zero-order valence-electron chi connectivity index (χ0n) is 7.62. The maximum atomic E-state index is 4.89. The predicted molar refractivity (Wildman–Crippen MR) is 53.1 cm³/mol. The first-order valence-electron chi connectivity index (χ1n) is 4.13. The average molecular weight is 202 g/mol. The summed E-state index contributed by atoms with van der Waals surface area (Å²) in [5, 5.41) is 14.8. The van der Waals surface area contributed by atoms with Gasteiger partial charge in [0.05, 0.1) is 6.61 Å². The highest BCUT2D eigenvalue weighted by molar-refractivity contribution is 7.13. The first-order valence-corrected chi connectivity index (χ1v) is 5.01. The van der Waals surface area contributed by atoms with E-state index in [4.69, 9.17) is 4.74 Å². The van der Waals surface area contributed by atoms with Crippen molar-refractivity contribution in [1.29, 1.82) is 0 Å². The monoisotopic (exact) mass is 202 g/mol. The third-order valence-corrected chi connectivity index (χ3v) is 2.07. The van der Waals surface area contributed by atoms with Gasteiger partial charge in [-0.15, -0.1) is 10.2 Å². The zero-order valence-corrected chi connectivity index (χ0v) is 8.43. The molecular formula is C7H14N4OS. The van der Waals surface area contributed by atoms with E-state index >= 15 is 0 Å². The highest BCUT2D eigenvalue weighted by Crippen LogP contribution is 2.06. The standard InChI is InChI=1S/C7H14N4OS/c1-12-5-4-8-2-3-9-7-11-10-6-13-7/h6,8H,2-5H2,1H3,(H,9,11). The van der Waals surface area contributed by atoms with Gasteiger partial charge in [-0.3, -0.25) is 0 Å². The number of aromatic nitrogens is 2. The Hall–Kier alpha value is -0.720. The lowest BCUT2D eigenvalue weighted by molar-refractivity contribution is 0.200. The van der Waals surface area contributed by atoms with E-state index in [0.29, 0.717) is 0 Å².